The molecule has 0 aliphatic heterocycles. The van der Waals surface area contributed by atoms with Crippen LogP contribution in [-0.4, -0.2) is 29.5 Å². The van der Waals surface area contributed by atoms with Gasteiger partial charge in [-0.15, -0.1) is 0 Å². The third-order valence-electron chi connectivity index (χ3n) is 2.92. The molecule has 116 valence electrons. The number of imidazole rings is 1. The molecule has 0 aliphatic carbocycles. The fourth-order valence-electron chi connectivity index (χ4n) is 1.82. The lowest BCUT2D eigenvalue weighted by Gasteiger charge is -2.17. The van der Waals surface area contributed by atoms with Crippen LogP contribution in [-0.2, 0) is 22.2 Å². The van der Waals surface area contributed by atoms with E-state index in [1.165, 1.54) is 4.57 Å². The Kier molecular flexibility index (Phi) is 6.13. The summed E-state index contributed by atoms with van der Waals surface area (Å²) in [6.07, 6.45) is 7.99. The van der Waals surface area contributed by atoms with Crippen molar-refractivity contribution in [3.8, 4) is 0 Å². The van der Waals surface area contributed by atoms with Gasteiger partial charge in [0, 0.05) is 0 Å². The van der Waals surface area contributed by atoms with Crippen molar-refractivity contribution in [2.45, 2.75) is 44.7 Å². The maximum atomic E-state index is 11.2. The molecule has 1 heterocycles. The van der Waals surface area contributed by atoms with Crippen molar-refractivity contribution in [2.24, 2.45) is 0 Å². The third-order valence-corrected chi connectivity index (χ3v) is 6.60. The van der Waals surface area contributed by atoms with Gasteiger partial charge in [-0.3, -0.25) is 9.13 Å². The monoisotopic (exact) mass is 327 g/mol. The van der Waals surface area contributed by atoms with E-state index in [-0.39, 0.29) is 0 Å². The van der Waals surface area contributed by atoms with Crippen LogP contribution in [0.2, 0.25) is 0 Å². The van der Waals surface area contributed by atoms with Crippen molar-refractivity contribution in [1.29, 1.82) is 0 Å². The molecule has 0 radical (unpaired) electrons. The molecule has 0 saturated heterocycles. The van der Waals surface area contributed by atoms with Crippen molar-refractivity contribution in [3.05, 3.63) is 18.7 Å². The van der Waals surface area contributed by atoms with Gasteiger partial charge in [-0.2, -0.15) is 0 Å². The summed E-state index contributed by atoms with van der Waals surface area (Å²) in [6, 6.07) is 0. The Balaban J connectivity index is 2.76. The molecule has 0 amide bonds. The SMILES string of the molecule is CCCCCn1cc[n+](CC(P(=O)(O)O)P(=O)(O)O)c1. The van der Waals surface area contributed by atoms with Gasteiger partial charge in [-0.1, -0.05) is 13.3 Å². The first-order valence-corrected chi connectivity index (χ1v) is 9.66. The second kappa shape index (κ2) is 6.98. The summed E-state index contributed by atoms with van der Waals surface area (Å²) in [4.78, 5) is 36.2. The molecule has 4 N–H and O–H groups in total. The molecule has 0 atom stereocenters. The quantitative estimate of drug-likeness (QED) is 0.316. The van der Waals surface area contributed by atoms with E-state index in [9.17, 15) is 9.13 Å². The van der Waals surface area contributed by atoms with E-state index in [0.29, 0.717) is 0 Å². The largest absolute Gasteiger partial charge is 0.344 e. The summed E-state index contributed by atoms with van der Waals surface area (Å²) in [5.41, 5.74) is 0. The van der Waals surface area contributed by atoms with Crippen molar-refractivity contribution >= 4 is 15.2 Å². The molecule has 0 saturated carbocycles. The van der Waals surface area contributed by atoms with Crippen LogP contribution in [0.3, 0.4) is 0 Å². The molecule has 0 spiro atoms. The van der Waals surface area contributed by atoms with Crippen LogP contribution in [0.15, 0.2) is 18.7 Å². The lowest BCUT2D eigenvalue weighted by molar-refractivity contribution is -0.694. The molecule has 8 nitrogen and oxygen atoms in total. The fraction of sp³-hybridized carbons (Fsp3) is 0.700. The molecule has 20 heavy (non-hydrogen) atoms. The zero-order valence-corrected chi connectivity index (χ0v) is 13.0. The Morgan fingerprint density at radius 2 is 1.75 bits per heavy atom. The average Bonchev–Trinajstić information content (AvgIpc) is 2.71. The van der Waals surface area contributed by atoms with Crippen LogP contribution in [0.4, 0.5) is 0 Å². The number of hydrogen-bond acceptors (Lipinski definition) is 2. The van der Waals surface area contributed by atoms with Crippen LogP contribution >= 0.6 is 15.2 Å². The smallest absolute Gasteiger partial charge is 0.324 e. The Labute approximate surface area is 117 Å². The Morgan fingerprint density at radius 1 is 1.15 bits per heavy atom. The summed E-state index contributed by atoms with van der Waals surface area (Å²) in [6.45, 7) is 2.42. The van der Waals surface area contributed by atoms with Crippen LogP contribution in [0.25, 0.3) is 0 Å². The lowest BCUT2D eigenvalue weighted by Crippen LogP contribution is -2.38. The Bertz CT molecular complexity index is 498. The number of aromatic nitrogens is 2. The molecule has 1 aromatic heterocycles. The van der Waals surface area contributed by atoms with Gasteiger partial charge in [-0.25, -0.2) is 9.13 Å². The van der Waals surface area contributed by atoms with Gasteiger partial charge in [-0.05, 0) is 12.8 Å². The number of unbranched alkanes of at least 4 members (excludes halogenated alkanes) is 2. The molecule has 10 heteroatoms. The minimum atomic E-state index is -4.87. The molecule has 0 aromatic carbocycles. The van der Waals surface area contributed by atoms with Crippen LogP contribution < -0.4 is 4.57 Å². The molecule has 1 aromatic rings. The first-order chi connectivity index (χ1) is 9.14. The van der Waals surface area contributed by atoms with Gasteiger partial charge in [0.25, 0.3) is 0 Å². The maximum Gasteiger partial charge on any atom is 0.344 e. The number of nitrogens with zero attached hydrogens (tertiary/aromatic N) is 2. The highest BCUT2D eigenvalue weighted by Gasteiger charge is 2.45. The summed E-state index contributed by atoms with van der Waals surface area (Å²) >= 11 is 0. The fourth-order valence-corrected chi connectivity index (χ4v) is 4.19. The van der Waals surface area contributed by atoms with Crippen LogP contribution in [0.5, 0.6) is 0 Å². The highest BCUT2D eigenvalue weighted by molar-refractivity contribution is 7.70. The van der Waals surface area contributed by atoms with Gasteiger partial charge >= 0.3 is 15.2 Å². The van der Waals surface area contributed by atoms with E-state index in [4.69, 9.17) is 19.6 Å². The molecule has 0 bridgehead atoms. The minimum Gasteiger partial charge on any atom is -0.324 e. The number of hydrogen-bond donors (Lipinski definition) is 4. The Morgan fingerprint density at radius 3 is 2.25 bits per heavy atom. The first-order valence-electron chi connectivity index (χ1n) is 6.30. The van der Waals surface area contributed by atoms with Gasteiger partial charge in [0.15, 0.2) is 5.40 Å². The van der Waals surface area contributed by atoms with Crippen molar-refractivity contribution in [3.63, 3.8) is 0 Å². The second-order valence-corrected chi connectivity index (χ2v) is 8.72. The van der Waals surface area contributed by atoms with Crippen LogP contribution in [0, 0.1) is 0 Å². The predicted molar refractivity (Wildman–Crippen MR) is 72.0 cm³/mol. The minimum absolute atomic E-state index is 0.421. The van der Waals surface area contributed by atoms with Gasteiger partial charge in [0.2, 0.25) is 6.33 Å². The molecule has 0 aliphatic rings. The van der Waals surface area contributed by atoms with Gasteiger partial charge in [0.1, 0.15) is 18.9 Å². The summed E-state index contributed by atoms with van der Waals surface area (Å²) in [5.74, 6) is 0. The normalized spacial score (nSPS) is 13.1. The van der Waals surface area contributed by atoms with E-state index in [1.807, 2.05) is 4.57 Å². The average molecular weight is 327 g/mol. The third kappa shape index (κ3) is 5.48. The number of rotatable bonds is 8. The van der Waals surface area contributed by atoms with E-state index in [1.54, 1.807) is 18.7 Å². The van der Waals surface area contributed by atoms with Gasteiger partial charge < -0.3 is 19.6 Å². The first kappa shape index (κ1) is 17.6. The Hall–Kier alpha value is -0.490. The standard InChI is InChI=1S/C10H20N2O6P2/c1-2-3-4-5-11-6-7-12(9-11)8-10(19(13,14)15)20(16,17)18/h6-7,9-10H,2-5,8H2,1H3,(H3-,13,14,15,16,17,18)/p+1. The second-order valence-electron chi connectivity index (χ2n) is 4.71. The molecular formula is C10H21N2O6P2+. The zero-order chi connectivity index (χ0) is 15.4. The topological polar surface area (TPSA) is 124 Å². The molecule has 1 rings (SSSR count). The predicted octanol–water partition coefficient (Wildman–Crippen LogP) is 0.647. The van der Waals surface area contributed by atoms with Crippen molar-refractivity contribution in [1.82, 2.24) is 4.57 Å². The van der Waals surface area contributed by atoms with E-state index >= 15 is 0 Å². The zero-order valence-electron chi connectivity index (χ0n) is 11.2. The molecular weight excluding hydrogens is 306 g/mol. The summed E-state index contributed by atoms with van der Waals surface area (Å²) in [5, 5.41) is -2.01. The molecule has 0 unspecified atom stereocenters. The van der Waals surface area contributed by atoms with E-state index in [2.05, 4.69) is 6.92 Å². The van der Waals surface area contributed by atoms with E-state index < -0.39 is 27.1 Å². The highest BCUT2D eigenvalue weighted by Crippen LogP contribution is 2.59. The van der Waals surface area contributed by atoms with Crippen LogP contribution in [0.1, 0.15) is 26.2 Å². The highest BCUT2D eigenvalue weighted by atomic mass is 31.2. The van der Waals surface area contributed by atoms with Crippen molar-refractivity contribution < 1.29 is 33.3 Å². The lowest BCUT2D eigenvalue weighted by atomic mass is 10.2. The van der Waals surface area contributed by atoms with E-state index in [0.717, 1.165) is 25.8 Å². The summed E-state index contributed by atoms with van der Waals surface area (Å²) in [7, 11) is -9.75. The van der Waals surface area contributed by atoms with Crippen molar-refractivity contribution in [2.75, 3.05) is 0 Å². The summed E-state index contributed by atoms with van der Waals surface area (Å²) < 4.78 is 25.6. The number of aryl methyl sites for hydroxylation is 1. The van der Waals surface area contributed by atoms with Gasteiger partial charge in [0.05, 0.1) is 6.54 Å². The molecule has 0 fully saturated rings. The maximum absolute atomic E-state index is 11.2.